The van der Waals surface area contributed by atoms with Gasteiger partial charge in [-0.15, -0.1) is 5.10 Å². The minimum atomic E-state index is -0.934. The lowest BCUT2D eigenvalue weighted by molar-refractivity contribution is -0.138. The fourth-order valence-corrected chi connectivity index (χ4v) is 2.43. The molecule has 0 radical (unpaired) electrons. The summed E-state index contributed by atoms with van der Waals surface area (Å²) in [5.74, 6) is -1.14. The summed E-state index contributed by atoms with van der Waals surface area (Å²) in [7, 11) is 0. The third kappa shape index (κ3) is 4.26. The Balaban J connectivity index is 2.91. The van der Waals surface area contributed by atoms with Crippen molar-refractivity contribution >= 4 is 23.4 Å². The van der Waals surface area contributed by atoms with Gasteiger partial charge in [-0.25, -0.2) is 0 Å². The highest BCUT2D eigenvalue weighted by Gasteiger charge is 2.30. The lowest BCUT2D eigenvalue weighted by Crippen LogP contribution is -2.45. The number of carbonyl (C=O) groups is 2. The van der Waals surface area contributed by atoms with Crippen LogP contribution in [0, 0.1) is 5.41 Å². The van der Waals surface area contributed by atoms with Gasteiger partial charge in [0.15, 0.2) is 0 Å². The molecule has 7 heteroatoms. The molecular weight excluding hydrogens is 278 g/mol. The highest BCUT2D eigenvalue weighted by molar-refractivity contribution is 7.08. The van der Waals surface area contributed by atoms with Gasteiger partial charge in [-0.2, -0.15) is 0 Å². The van der Waals surface area contributed by atoms with E-state index in [0.29, 0.717) is 10.6 Å². The predicted molar refractivity (Wildman–Crippen MR) is 77.0 cm³/mol. The first-order valence-electron chi connectivity index (χ1n) is 6.47. The van der Waals surface area contributed by atoms with E-state index in [1.54, 1.807) is 0 Å². The average molecular weight is 299 g/mol. The summed E-state index contributed by atoms with van der Waals surface area (Å²) >= 11 is 1.04. The Kier molecular flexibility index (Phi) is 5.21. The molecule has 1 amide bonds. The molecule has 0 aromatic carbocycles. The number of aliphatic carboxylic acids is 1. The Morgan fingerprint density at radius 1 is 1.35 bits per heavy atom. The first-order chi connectivity index (χ1) is 9.12. The average Bonchev–Trinajstić information content (AvgIpc) is 2.74. The second-order valence-electron chi connectivity index (χ2n) is 6.13. The normalized spacial score (nSPS) is 13.3. The minimum Gasteiger partial charge on any atom is -0.481 e. The first-order valence-corrected chi connectivity index (χ1v) is 7.25. The van der Waals surface area contributed by atoms with Gasteiger partial charge < -0.3 is 10.4 Å². The Morgan fingerprint density at radius 2 is 1.95 bits per heavy atom. The molecule has 6 nitrogen and oxygen atoms in total. The lowest BCUT2D eigenvalue weighted by Gasteiger charge is -2.30. The van der Waals surface area contributed by atoms with Crippen LogP contribution in [0.15, 0.2) is 0 Å². The molecule has 112 valence electrons. The zero-order valence-corrected chi connectivity index (χ0v) is 13.2. The molecule has 20 heavy (non-hydrogen) atoms. The van der Waals surface area contributed by atoms with E-state index < -0.39 is 12.0 Å². The Morgan fingerprint density at radius 3 is 2.40 bits per heavy atom. The first kappa shape index (κ1) is 16.6. The zero-order chi connectivity index (χ0) is 15.5. The van der Waals surface area contributed by atoms with Crippen LogP contribution in [0.5, 0.6) is 0 Å². The summed E-state index contributed by atoms with van der Waals surface area (Å²) in [5.41, 5.74) is 0.306. The summed E-state index contributed by atoms with van der Waals surface area (Å²) in [6.45, 7) is 9.57. The molecule has 1 heterocycles. The minimum absolute atomic E-state index is 0.0991. The molecule has 0 aliphatic heterocycles. The number of nitrogens with one attached hydrogen (secondary N) is 1. The van der Waals surface area contributed by atoms with Gasteiger partial charge in [-0.3, -0.25) is 9.59 Å². The fourth-order valence-electron chi connectivity index (χ4n) is 1.70. The molecule has 0 aliphatic carbocycles. The van der Waals surface area contributed by atoms with Crippen LogP contribution in [0.25, 0.3) is 0 Å². The third-order valence-corrected chi connectivity index (χ3v) is 3.74. The second-order valence-corrected chi connectivity index (χ2v) is 6.89. The number of hydrogen-bond acceptors (Lipinski definition) is 5. The van der Waals surface area contributed by atoms with Gasteiger partial charge in [0.25, 0.3) is 5.91 Å². The maximum absolute atomic E-state index is 12.3. The van der Waals surface area contributed by atoms with E-state index in [1.165, 1.54) is 0 Å². The number of carbonyl (C=O) groups excluding carboxylic acids is 1. The maximum Gasteiger partial charge on any atom is 0.305 e. The molecule has 0 bridgehead atoms. The number of hydrogen-bond donors (Lipinski definition) is 2. The van der Waals surface area contributed by atoms with Gasteiger partial charge >= 0.3 is 5.97 Å². The standard InChI is InChI=1S/C13H21N3O3S/c1-7(2)10-11(20-16-15-10)12(19)14-8(6-9(17)18)13(3,4)5/h7-8H,6H2,1-5H3,(H,14,19)(H,17,18). The molecule has 0 aliphatic rings. The monoisotopic (exact) mass is 299 g/mol. The number of carboxylic acid groups (broad SMARTS) is 1. The van der Waals surface area contributed by atoms with E-state index in [0.717, 1.165) is 11.5 Å². The molecule has 1 rings (SSSR count). The van der Waals surface area contributed by atoms with Crippen molar-refractivity contribution < 1.29 is 14.7 Å². The summed E-state index contributed by atoms with van der Waals surface area (Å²) < 4.78 is 3.81. The zero-order valence-electron chi connectivity index (χ0n) is 12.4. The molecular formula is C13H21N3O3S. The van der Waals surface area contributed by atoms with Crippen LogP contribution in [0.1, 0.15) is 62.3 Å². The summed E-state index contributed by atoms with van der Waals surface area (Å²) in [6, 6.07) is -0.449. The number of amides is 1. The second kappa shape index (κ2) is 6.30. The van der Waals surface area contributed by atoms with Crippen LogP contribution in [0.4, 0.5) is 0 Å². The van der Waals surface area contributed by atoms with E-state index in [-0.39, 0.29) is 23.7 Å². The topological polar surface area (TPSA) is 92.2 Å². The molecule has 0 saturated heterocycles. The van der Waals surface area contributed by atoms with Crippen molar-refractivity contribution in [3.8, 4) is 0 Å². The highest BCUT2D eigenvalue weighted by Crippen LogP contribution is 2.24. The van der Waals surface area contributed by atoms with Crippen molar-refractivity contribution in [2.45, 2.75) is 53.0 Å². The summed E-state index contributed by atoms with van der Waals surface area (Å²) in [4.78, 5) is 23.7. The summed E-state index contributed by atoms with van der Waals surface area (Å²) in [6.07, 6.45) is -0.113. The fraction of sp³-hybridized carbons (Fsp3) is 0.692. The van der Waals surface area contributed by atoms with E-state index in [4.69, 9.17) is 5.11 Å². The Bertz CT molecular complexity index is 491. The maximum atomic E-state index is 12.3. The number of carboxylic acids is 1. The van der Waals surface area contributed by atoms with Crippen LogP contribution in [0.2, 0.25) is 0 Å². The van der Waals surface area contributed by atoms with Gasteiger partial charge in [0.2, 0.25) is 0 Å². The predicted octanol–water partition coefficient (Wildman–Crippen LogP) is 2.28. The van der Waals surface area contributed by atoms with Gasteiger partial charge in [0, 0.05) is 6.04 Å². The van der Waals surface area contributed by atoms with Crippen LogP contribution in [0.3, 0.4) is 0 Å². The van der Waals surface area contributed by atoms with Crippen LogP contribution in [-0.2, 0) is 4.79 Å². The van der Waals surface area contributed by atoms with E-state index >= 15 is 0 Å². The van der Waals surface area contributed by atoms with Crippen molar-refractivity contribution in [1.29, 1.82) is 0 Å². The molecule has 1 unspecified atom stereocenters. The Hall–Kier alpha value is -1.50. The van der Waals surface area contributed by atoms with E-state index in [1.807, 2.05) is 34.6 Å². The van der Waals surface area contributed by atoms with E-state index in [2.05, 4.69) is 14.9 Å². The van der Waals surface area contributed by atoms with Crippen molar-refractivity contribution in [2.24, 2.45) is 5.41 Å². The molecule has 0 fully saturated rings. The molecule has 0 spiro atoms. The number of aromatic nitrogens is 2. The van der Waals surface area contributed by atoms with Crippen LogP contribution < -0.4 is 5.32 Å². The smallest absolute Gasteiger partial charge is 0.305 e. The van der Waals surface area contributed by atoms with Gasteiger partial charge in [-0.1, -0.05) is 39.1 Å². The molecule has 1 aromatic rings. The number of rotatable bonds is 5. The largest absolute Gasteiger partial charge is 0.481 e. The van der Waals surface area contributed by atoms with E-state index in [9.17, 15) is 9.59 Å². The highest BCUT2D eigenvalue weighted by atomic mass is 32.1. The van der Waals surface area contributed by atoms with Crippen molar-refractivity contribution in [2.75, 3.05) is 0 Å². The third-order valence-electron chi connectivity index (χ3n) is 3.00. The van der Waals surface area contributed by atoms with Crippen molar-refractivity contribution in [3.63, 3.8) is 0 Å². The number of nitrogens with zero attached hydrogens (tertiary/aromatic N) is 2. The lowest BCUT2D eigenvalue weighted by atomic mass is 9.84. The van der Waals surface area contributed by atoms with Gasteiger partial charge in [-0.05, 0) is 22.9 Å². The van der Waals surface area contributed by atoms with Crippen LogP contribution in [-0.4, -0.2) is 32.6 Å². The quantitative estimate of drug-likeness (QED) is 0.870. The summed E-state index contributed by atoms with van der Waals surface area (Å²) in [5, 5.41) is 15.7. The van der Waals surface area contributed by atoms with Gasteiger partial charge in [0.1, 0.15) is 4.88 Å². The van der Waals surface area contributed by atoms with Crippen LogP contribution >= 0.6 is 11.5 Å². The molecule has 0 saturated carbocycles. The van der Waals surface area contributed by atoms with Crippen molar-refractivity contribution in [1.82, 2.24) is 14.9 Å². The van der Waals surface area contributed by atoms with Gasteiger partial charge in [0.05, 0.1) is 12.1 Å². The van der Waals surface area contributed by atoms with Crippen molar-refractivity contribution in [3.05, 3.63) is 10.6 Å². The molecule has 1 aromatic heterocycles. The molecule has 2 N–H and O–H groups in total. The SMILES string of the molecule is CC(C)c1nnsc1C(=O)NC(CC(=O)O)C(C)(C)C. The Labute approximate surface area is 122 Å². The molecule has 1 atom stereocenters.